The fourth-order valence-corrected chi connectivity index (χ4v) is 4.09. The summed E-state index contributed by atoms with van der Waals surface area (Å²) in [6.07, 6.45) is 1.91. The Kier molecular flexibility index (Phi) is 5.81. The van der Waals surface area contributed by atoms with E-state index in [9.17, 15) is 4.79 Å². The first-order valence-corrected chi connectivity index (χ1v) is 10.2. The van der Waals surface area contributed by atoms with Crippen molar-refractivity contribution in [1.82, 2.24) is 14.5 Å². The van der Waals surface area contributed by atoms with Gasteiger partial charge in [-0.25, -0.2) is 4.98 Å². The van der Waals surface area contributed by atoms with E-state index in [1.807, 2.05) is 47.4 Å². The summed E-state index contributed by atoms with van der Waals surface area (Å²) >= 11 is 0. The molecule has 3 aromatic rings. The lowest BCUT2D eigenvalue weighted by atomic mass is 10.1. The summed E-state index contributed by atoms with van der Waals surface area (Å²) in [4.78, 5) is 20.2. The minimum Gasteiger partial charge on any atom is -0.491 e. The van der Waals surface area contributed by atoms with Crippen LogP contribution in [0.3, 0.4) is 0 Å². The van der Waals surface area contributed by atoms with Crippen molar-refractivity contribution in [3.05, 3.63) is 59.9 Å². The van der Waals surface area contributed by atoms with Crippen LogP contribution in [0.2, 0.25) is 0 Å². The Bertz CT molecular complexity index is 998. The van der Waals surface area contributed by atoms with E-state index in [0.29, 0.717) is 24.5 Å². The lowest BCUT2D eigenvalue weighted by molar-refractivity contribution is 0.0727. The highest BCUT2D eigenvalue weighted by molar-refractivity contribution is 5.95. The van der Waals surface area contributed by atoms with Crippen LogP contribution in [0.15, 0.2) is 48.5 Å². The number of imidazole rings is 1. The van der Waals surface area contributed by atoms with Crippen LogP contribution in [0.1, 0.15) is 42.0 Å². The van der Waals surface area contributed by atoms with E-state index >= 15 is 0 Å². The van der Waals surface area contributed by atoms with Gasteiger partial charge in [0.15, 0.2) is 0 Å². The summed E-state index contributed by atoms with van der Waals surface area (Å²) in [5.41, 5.74) is 2.75. The molecular weight excluding hydrogens is 366 g/mol. The van der Waals surface area contributed by atoms with Crippen molar-refractivity contribution < 1.29 is 14.3 Å². The van der Waals surface area contributed by atoms with Gasteiger partial charge in [-0.15, -0.1) is 0 Å². The van der Waals surface area contributed by atoms with Crippen LogP contribution in [0.4, 0.5) is 0 Å². The van der Waals surface area contributed by atoms with Crippen molar-refractivity contribution in [2.75, 3.05) is 26.9 Å². The summed E-state index contributed by atoms with van der Waals surface area (Å²) in [6.45, 7) is 4.67. The molecule has 1 saturated heterocycles. The first kappa shape index (κ1) is 19.5. The van der Waals surface area contributed by atoms with Crippen molar-refractivity contribution in [3.8, 4) is 5.75 Å². The van der Waals surface area contributed by atoms with Gasteiger partial charge in [-0.3, -0.25) is 4.79 Å². The van der Waals surface area contributed by atoms with Crippen molar-refractivity contribution in [3.63, 3.8) is 0 Å². The Balaban J connectivity index is 1.61. The quantitative estimate of drug-likeness (QED) is 0.568. The number of benzene rings is 2. The zero-order valence-corrected chi connectivity index (χ0v) is 17.0. The monoisotopic (exact) mass is 393 g/mol. The van der Waals surface area contributed by atoms with Crippen molar-refractivity contribution >= 4 is 16.9 Å². The molecule has 0 spiro atoms. The fourth-order valence-electron chi connectivity index (χ4n) is 4.09. The lowest BCUT2D eigenvalue weighted by Gasteiger charge is -2.25. The number of hydrogen-bond acceptors (Lipinski definition) is 4. The van der Waals surface area contributed by atoms with Gasteiger partial charge in [0, 0.05) is 25.8 Å². The van der Waals surface area contributed by atoms with E-state index in [2.05, 4.69) is 17.6 Å². The summed E-state index contributed by atoms with van der Waals surface area (Å²) in [7, 11) is 1.64. The second-order valence-electron chi connectivity index (χ2n) is 7.23. The predicted octanol–water partition coefficient (Wildman–Crippen LogP) is 4.06. The molecule has 0 N–H and O–H groups in total. The topological polar surface area (TPSA) is 56.6 Å². The van der Waals surface area contributed by atoms with Gasteiger partial charge in [-0.2, -0.15) is 0 Å². The van der Waals surface area contributed by atoms with Crippen LogP contribution in [-0.4, -0.2) is 47.2 Å². The molecule has 0 bridgehead atoms. The average Bonchev–Trinajstić information content (AvgIpc) is 3.37. The van der Waals surface area contributed by atoms with Gasteiger partial charge < -0.3 is 18.9 Å². The molecular formula is C23H27N3O3. The molecule has 152 valence electrons. The summed E-state index contributed by atoms with van der Waals surface area (Å²) in [6, 6.07) is 15.6. The molecule has 1 aliphatic rings. The molecule has 0 saturated carbocycles. The fraction of sp³-hybridized carbons (Fsp3) is 0.391. The zero-order valence-electron chi connectivity index (χ0n) is 17.0. The van der Waals surface area contributed by atoms with Crippen LogP contribution in [-0.2, 0) is 11.3 Å². The Morgan fingerprint density at radius 2 is 2.03 bits per heavy atom. The van der Waals surface area contributed by atoms with E-state index in [-0.39, 0.29) is 11.9 Å². The number of aromatic nitrogens is 2. The third-order valence-corrected chi connectivity index (χ3v) is 5.45. The number of carbonyl (C=O) groups is 1. The molecule has 4 rings (SSSR count). The third kappa shape index (κ3) is 3.85. The van der Waals surface area contributed by atoms with E-state index in [0.717, 1.165) is 42.8 Å². The summed E-state index contributed by atoms with van der Waals surface area (Å²) in [5, 5.41) is 0. The van der Waals surface area contributed by atoms with Crippen LogP contribution in [0, 0.1) is 0 Å². The summed E-state index contributed by atoms with van der Waals surface area (Å²) < 4.78 is 12.9. The standard InChI is InChI=1S/C23H27N3O3/c1-3-25-20-11-5-4-10-19(20)24-22(25)21-12-7-13-26(21)23(27)17-8-6-9-18(16-17)29-15-14-28-2/h4-6,8-11,16,21H,3,7,12-15H2,1-2H3/t21-/m1/s1. The van der Waals surface area contributed by atoms with Crippen LogP contribution in [0.25, 0.3) is 11.0 Å². The van der Waals surface area contributed by atoms with Crippen LogP contribution in [0.5, 0.6) is 5.75 Å². The largest absolute Gasteiger partial charge is 0.491 e. The van der Waals surface area contributed by atoms with E-state index in [1.165, 1.54) is 0 Å². The average molecular weight is 393 g/mol. The van der Waals surface area contributed by atoms with E-state index in [4.69, 9.17) is 14.5 Å². The Morgan fingerprint density at radius 1 is 1.17 bits per heavy atom. The Morgan fingerprint density at radius 3 is 2.86 bits per heavy atom. The smallest absolute Gasteiger partial charge is 0.254 e. The van der Waals surface area contributed by atoms with E-state index in [1.54, 1.807) is 7.11 Å². The molecule has 1 aromatic heterocycles. The third-order valence-electron chi connectivity index (χ3n) is 5.45. The van der Waals surface area contributed by atoms with Crippen LogP contribution < -0.4 is 4.74 Å². The summed E-state index contributed by atoms with van der Waals surface area (Å²) in [5.74, 6) is 1.69. The number of carbonyl (C=O) groups excluding carboxylic acids is 1. The highest BCUT2D eigenvalue weighted by Crippen LogP contribution is 2.34. The van der Waals surface area contributed by atoms with Crippen LogP contribution >= 0.6 is 0 Å². The molecule has 6 heteroatoms. The molecule has 1 fully saturated rings. The number of para-hydroxylation sites is 2. The van der Waals surface area contributed by atoms with Crippen molar-refractivity contribution in [2.45, 2.75) is 32.4 Å². The molecule has 1 amide bonds. The normalized spacial score (nSPS) is 16.5. The SMILES string of the molecule is CCn1c([C@H]2CCCN2C(=O)c2cccc(OCCOC)c2)nc2ccccc21. The maximum absolute atomic E-state index is 13.3. The second-order valence-corrected chi connectivity index (χ2v) is 7.23. The highest BCUT2D eigenvalue weighted by Gasteiger charge is 2.34. The number of hydrogen-bond donors (Lipinski definition) is 0. The number of amides is 1. The minimum atomic E-state index is -0.00656. The molecule has 0 radical (unpaired) electrons. The van der Waals surface area contributed by atoms with E-state index < -0.39 is 0 Å². The highest BCUT2D eigenvalue weighted by atomic mass is 16.5. The number of fused-ring (bicyclic) bond motifs is 1. The van der Waals surface area contributed by atoms with Crippen molar-refractivity contribution in [2.24, 2.45) is 0 Å². The van der Waals surface area contributed by atoms with Gasteiger partial charge in [0.25, 0.3) is 5.91 Å². The molecule has 0 aliphatic carbocycles. The predicted molar refractivity (Wildman–Crippen MR) is 112 cm³/mol. The first-order valence-electron chi connectivity index (χ1n) is 10.2. The number of methoxy groups -OCH3 is 1. The molecule has 29 heavy (non-hydrogen) atoms. The second kappa shape index (κ2) is 8.66. The molecule has 1 atom stereocenters. The van der Waals surface area contributed by atoms with Gasteiger partial charge >= 0.3 is 0 Å². The van der Waals surface area contributed by atoms with Gasteiger partial charge in [0.05, 0.1) is 23.7 Å². The zero-order chi connectivity index (χ0) is 20.2. The number of rotatable bonds is 7. The molecule has 6 nitrogen and oxygen atoms in total. The van der Waals surface area contributed by atoms with Gasteiger partial charge in [-0.05, 0) is 50.1 Å². The lowest BCUT2D eigenvalue weighted by Crippen LogP contribution is -2.32. The van der Waals surface area contributed by atoms with Gasteiger partial charge in [0.1, 0.15) is 18.2 Å². The van der Waals surface area contributed by atoms with Gasteiger partial charge in [-0.1, -0.05) is 18.2 Å². The maximum Gasteiger partial charge on any atom is 0.254 e. The van der Waals surface area contributed by atoms with Gasteiger partial charge in [0.2, 0.25) is 0 Å². The number of likely N-dealkylation sites (tertiary alicyclic amines) is 1. The number of aryl methyl sites for hydroxylation is 1. The Hall–Kier alpha value is -2.86. The first-order chi connectivity index (χ1) is 14.2. The van der Waals surface area contributed by atoms with Crippen molar-refractivity contribution in [1.29, 1.82) is 0 Å². The maximum atomic E-state index is 13.3. The Labute approximate surface area is 171 Å². The number of nitrogens with zero attached hydrogens (tertiary/aromatic N) is 3. The molecule has 2 aromatic carbocycles. The number of ether oxygens (including phenoxy) is 2. The molecule has 0 unspecified atom stereocenters. The molecule has 2 heterocycles. The minimum absolute atomic E-state index is 0.00656. The molecule has 1 aliphatic heterocycles.